The van der Waals surface area contributed by atoms with Gasteiger partial charge in [0.15, 0.2) is 11.5 Å². The van der Waals surface area contributed by atoms with Crippen LogP contribution in [0, 0.1) is 5.82 Å². The molecule has 1 aromatic heterocycles. The zero-order chi connectivity index (χ0) is 19.2. The van der Waals surface area contributed by atoms with Gasteiger partial charge in [-0.2, -0.15) is 10.2 Å². The fraction of sp³-hybridized carbons (Fsp3) is 0.105. The second kappa shape index (κ2) is 8.13. The van der Waals surface area contributed by atoms with Gasteiger partial charge in [-0.3, -0.25) is 9.89 Å². The van der Waals surface area contributed by atoms with Crippen molar-refractivity contribution in [1.82, 2.24) is 15.6 Å². The van der Waals surface area contributed by atoms with Gasteiger partial charge in [-0.15, -0.1) is 0 Å². The van der Waals surface area contributed by atoms with E-state index in [2.05, 4.69) is 20.7 Å². The van der Waals surface area contributed by atoms with Crippen molar-refractivity contribution >= 4 is 12.1 Å². The number of H-pyrrole nitrogens is 1. The smallest absolute Gasteiger partial charge is 0.289 e. The summed E-state index contributed by atoms with van der Waals surface area (Å²) in [5.41, 5.74) is 4.12. The van der Waals surface area contributed by atoms with Crippen LogP contribution in [0.15, 0.2) is 53.6 Å². The van der Waals surface area contributed by atoms with Gasteiger partial charge in [0.05, 0.1) is 18.5 Å². The molecule has 1 amide bonds. The van der Waals surface area contributed by atoms with Gasteiger partial charge < -0.3 is 9.84 Å². The van der Waals surface area contributed by atoms with E-state index >= 15 is 0 Å². The van der Waals surface area contributed by atoms with Gasteiger partial charge >= 0.3 is 0 Å². The molecular formula is C19H17FN4O3. The van der Waals surface area contributed by atoms with Crippen molar-refractivity contribution in [3.63, 3.8) is 0 Å². The molecule has 0 spiro atoms. The summed E-state index contributed by atoms with van der Waals surface area (Å²) in [6, 6.07) is 12.3. The Morgan fingerprint density at radius 3 is 2.85 bits per heavy atom. The average Bonchev–Trinajstić information content (AvgIpc) is 3.15. The summed E-state index contributed by atoms with van der Waals surface area (Å²) in [4.78, 5) is 12.1. The molecule has 0 saturated heterocycles. The van der Waals surface area contributed by atoms with Gasteiger partial charge in [0.1, 0.15) is 11.5 Å². The molecule has 0 aliphatic carbocycles. The number of hydrazone groups is 1. The number of aromatic nitrogens is 2. The number of phenols is 1. The van der Waals surface area contributed by atoms with Crippen LogP contribution in [0.25, 0.3) is 11.3 Å². The van der Waals surface area contributed by atoms with Crippen LogP contribution < -0.4 is 10.2 Å². The van der Waals surface area contributed by atoms with Gasteiger partial charge in [0, 0.05) is 11.1 Å². The normalized spacial score (nSPS) is 10.9. The third-order valence-electron chi connectivity index (χ3n) is 3.66. The molecular weight excluding hydrogens is 351 g/mol. The number of benzene rings is 2. The lowest BCUT2D eigenvalue weighted by atomic mass is 10.1. The fourth-order valence-corrected chi connectivity index (χ4v) is 2.34. The van der Waals surface area contributed by atoms with E-state index < -0.39 is 5.91 Å². The Labute approximate surface area is 154 Å². The average molecular weight is 368 g/mol. The number of ether oxygens (including phenoxy) is 1. The maximum Gasteiger partial charge on any atom is 0.289 e. The summed E-state index contributed by atoms with van der Waals surface area (Å²) in [5, 5.41) is 20.6. The zero-order valence-electron chi connectivity index (χ0n) is 14.4. The first-order valence-electron chi connectivity index (χ1n) is 8.18. The number of halogens is 1. The quantitative estimate of drug-likeness (QED) is 0.460. The molecule has 0 aliphatic rings. The second-order valence-corrected chi connectivity index (χ2v) is 5.50. The van der Waals surface area contributed by atoms with Crippen molar-refractivity contribution in [2.75, 3.05) is 6.61 Å². The number of aromatic amines is 1. The standard InChI is InChI=1S/C19H17FN4O3/c1-2-27-17-5-3-4-13(18(17)25)11-21-24-19(26)16-10-15(22-23-16)12-6-8-14(20)9-7-12/h3-11,25H,2H2,1H3,(H,22,23)(H,24,26)/b21-11+. The van der Waals surface area contributed by atoms with Crippen LogP contribution in [0.4, 0.5) is 4.39 Å². The molecule has 0 fully saturated rings. The number of phenolic OH excluding ortho intramolecular Hbond substituents is 1. The molecule has 0 aliphatic heterocycles. The molecule has 0 saturated carbocycles. The number of nitrogens with one attached hydrogen (secondary N) is 2. The predicted octanol–water partition coefficient (Wildman–Crippen LogP) is 3.08. The molecule has 138 valence electrons. The van der Waals surface area contributed by atoms with Gasteiger partial charge in [0.2, 0.25) is 0 Å². The highest BCUT2D eigenvalue weighted by Gasteiger charge is 2.11. The maximum absolute atomic E-state index is 13.0. The monoisotopic (exact) mass is 368 g/mol. The first kappa shape index (κ1) is 18.1. The number of hydrogen-bond acceptors (Lipinski definition) is 5. The maximum atomic E-state index is 13.0. The van der Waals surface area contributed by atoms with Crippen LogP contribution in [-0.2, 0) is 0 Å². The molecule has 3 N–H and O–H groups in total. The van der Waals surface area contributed by atoms with Crippen LogP contribution in [-0.4, -0.2) is 34.0 Å². The van der Waals surface area contributed by atoms with E-state index in [1.165, 1.54) is 24.4 Å². The van der Waals surface area contributed by atoms with Crippen molar-refractivity contribution in [3.8, 4) is 22.8 Å². The number of carbonyl (C=O) groups excluding carboxylic acids is 1. The Morgan fingerprint density at radius 2 is 2.11 bits per heavy atom. The molecule has 0 bridgehead atoms. The lowest BCUT2D eigenvalue weighted by Crippen LogP contribution is -2.18. The van der Waals surface area contributed by atoms with E-state index in [-0.39, 0.29) is 17.3 Å². The predicted molar refractivity (Wildman–Crippen MR) is 98.3 cm³/mol. The van der Waals surface area contributed by atoms with Gasteiger partial charge in [0.25, 0.3) is 5.91 Å². The molecule has 2 aromatic carbocycles. The van der Waals surface area contributed by atoms with Crippen molar-refractivity contribution < 1.29 is 19.0 Å². The number of amides is 1. The number of rotatable bonds is 6. The third kappa shape index (κ3) is 4.30. The molecule has 0 radical (unpaired) electrons. The van der Waals surface area contributed by atoms with Crippen LogP contribution in [0.1, 0.15) is 23.0 Å². The molecule has 3 aromatic rings. The number of hydrogen-bond donors (Lipinski definition) is 3. The van der Waals surface area contributed by atoms with Crippen molar-refractivity contribution in [2.24, 2.45) is 5.10 Å². The summed E-state index contributed by atoms with van der Waals surface area (Å²) in [7, 11) is 0. The van der Waals surface area contributed by atoms with Crippen molar-refractivity contribution in [2.45, 2.75) is 6.92 Å². The molecule has 27 heavy (non-hydrogen) atoms. The van der Waals surface area contributed by atoms with E-state index in [1.807, 2.05) is 6.92 Å². The van der Waals surface area contributed by atoms with E-state index in [0.29, 0.717) is 29.2 Å². The van der Waals surface area contributed by atoms with E-state index in [1.54, 1.807) is 30.3 Å². The van der Waals surface area contributed by atoms with Crippen LogP contribution in [0.5, 0.6) is 11.5 Å². The lowest BCUT2D eigenvalue weighted by molar-refractivity contribution is 0.0950. The minimum absolute atomic E-state index is 0.0579. The Morgan fingerprint density at radius 1 is 1.33 bits per heavy atom. The van der Waals surface area contributed by atoms with Gasteiger partial charge in [-0.05, 0) is 49.4 Å². The highest BCUT2D eigenvalue weighted by Crippen LogP contribution is 2.28. The second-order valence-electron chi connectivity index (χ2n) is 5.50. The Balaban J connectivity index is 1.67. The first-order valence-corrected chi connectivity index (χ1v) is 8.18. The van der Waals surface area contributed by atoms with Gasteiger partial charge in [-0.25, -0.2) is 9.82 Å². The van der Waals surface area contributed by atoms with E-state index in [4.69, 9.17) is 4.74 Å². The summed E-state index contributed by atoms with van der Waals surface area (Å²) in [6.07, 6.45) is 1.31. The lowest BCUT2D eigenvalue weighted by Gasteiger charge is -2.07. The minimum atomic E-state index is -0.507. The largest absolute Gasteiger partial charge is 0.504 e. The molecule has 0 unspecified atom stereocenters. The van der Waals surface area contributed by atoms with E-state index in [0.717, 1.165) is 0 Å². The summed E-state index contributed by atoms with van der Waals surface area (Å²) < 4.78 is 18.3. The topological polar surface area (TPSA) is 99.6 Å². The number of carbonyl (C=O) groups is 1. The van der Waals surface area contributed by atoms with Crippen molar-refractivity contribution in [3.05, 3.63) is 65.6 Å². The summed E-state index contributed by atoms with van der Waals surface area (Å²) in [6.45, 7) is 2.23. The van der Waals surface area contributed by atoms with Crippen LogP contribution in [0.3, 0.4) is 0 Å². The summed E-state index contributed by atoms with van der Waals surface area (Å²) in [5.74, 6) is -0.575. The SMILES string of the molecule is CCOc1cccc(/C=N/NC(=O)c2cc(-c3ccc(F)cc3)n[nH]2)c1O. The Kier molecular flexibility index (Phi) is 5.46. The van der Waals surface area contributed by atoms with E-state index in [9.17, 15) is 14.3 Å². The first-order chi connectivity index (χ1) is 13.1. The third-order valence-corrected chi connectivity index (χ3v) is 3.66. The summed E-state index contributed by atoms with van der Waals surface area (Å²) >= 11 is 0. The van der Waals surface area contributed by atoms with Crippen LogP contribution in [0.2, 0.25) is 0 Å². The molecule has 7 nitrogen and oxygen atoms in total. The molecule has 8 heteroatoms. The number of aromatic hydroxyl groups is 1. The van der Waals surface area contributed by atoms with Crippen molar-refractivity contribution in [1.29, 1.82) is 0 Å². The molecule has 3 rings (SSSR count). The number of para-hydroxylation sites is 1. The minimum Gasteiger partial charge on any atom is -0.504 e. The fourth-order valence-electron chi connectivity index (χ4n) is 2.34. The Bertz CT molecular complexity index is 967. The molecule has 0 atom stereocenters. The molecule has 1 heterocycles. The zero-order valence-corrected chi connectivity index (χ0v) is 14.4. The van der Waals surface area contributed by atoms with Gasteiger partial charge in [-0.1, -0.05) is 6.07 Å². The van der Waals surface area contributed by atoms with Crippen LogP contribution >= 0.6 is 0 Å². The highest BCUT2D eigenvalue weighted by molar-refractivity contribution is 5.94. The Hall–Kier alpha value is -3.68. The highest BCUT2D eigenvalue weighted by atomic mass is 19.1. The number of nitrogens with zero attached hydrogens (tertiary/aromatic N) is 2.